The summed E-state index contributed by atoms with van der Waals surface area (Å²) in [6, 6.07) is 5.17. The van der Waals surface area contributed by atoms with Crippen LogP contribution in [0, 0.1) is 24.1 Å². The normalized spacial score (nSPS) is 24.2. The molecular weight excluding hydrogens is 203 g/mol. The predicted octanol–water partition coefficient (Wildman–Crippen LogP) is 2.68. The summed E-state index contributed by atoms with van der Waals surface area (Å²) in [4.78, 5) is 0. The molecule has 1 aromatic carbocycles. The molecular formula is C13H19FN2. The third kappa shape index (κ3) is 2.11. The summed E-state index contributed by atoms with van der Waals surface area (Å²) in [6.45, 7) is 6.33. The minimum Gasteiger partial charge on any atom is -0.271 e. The van der Waals surface area contributed by atoms with Crippen molar-refractivity contribution in [3.05, 3.63) is 35.1 Å². The molecule has 2 rings (SSSR count). The van der Waals surface area contributed by atoms with Crippen LogP contribution in [0.2, 0.25) is 0 Å². The zero-order valence-electron chi connectivity index (χ0n) is 10.0. The first-order valence-electron chi connectivity index (χ1n) is 5.67. The van der Waals surface area contributed by atoms with Gasteiger partial charge in [-0.25, -0.2) is 4.39 Å². The number of halogens is 1. The zero-order chi connectivity index (χ0) is 11.9. The average molecular weight is 222 g/mol. The van der Waals surface area contributed by atoms with Crippen molar-refractivity contribution in [2.75, 3.05) is 0 Å². The van der Waals surface area contributed by atoms with E-state index in [2.05, 4.69) is 19.3 Å². The van der Waals surface area contributed by atoms with Crippen molar-refractivity contribution in [2.45, 2.75) is 33.2 Å². The molecule has 88 valence electrons. The second-order valence-corrected chi connectivity index (χ2v) is 5.51. The molecule has 0 aromatic heterocycles. The molecule has 1 fully saturated rings. The van der Waals surface area contributed by atoms with Crippen molar-refractivity contribution in [1.82, 2.24) is 5.43 Å². The number of benzene rings is 1. The number of rotatable bonds is 3. The molecule has 2 unspecified atom stereocenters. The van der Waals surface area contributed by atoms with E-state index in [0.717, 1.165) is 17.5 Å². The maximum atomic E-state index is 13.3. The van der Waals surface area contributed by atoms with Crippen molar-refractivity contribution in [3.63, 3.8) is 0 Å². The summed E-state index contributed by atoms with van der Waals surface area (Å²) in [6.07, 6.45) is 1.14. The van der Waals surface area contributed by atoms with Crippen molar-refractivity contribution < 1.29 is 4.39 Å². The van der Waals surface area contributed by atoms with Crippen LogP contribution in [0.5, 0.6) is 0 Å². The molecule has 0 heterocycles. The van der Waals surface area contributed by atoms with Gasteiger partial charge in [0.25, 0.3) is 0 Å². The van der Waals surface area contributed by atoms with E-state index in [1.54, 1.807) is 6.07 Å². The maximum Gasteiger partial charge on any atom is 0.123 e. The minimum absolute atomic E-state index is 0.0596. The lowest BCUT2D eigenvalue weighted by Gasteiger charge is -2.18. The van der Waals surface area contributed by atoms with Crippen molar-refractivity contribution >= 4 is 0 Å². The van der Waals surface area contributed by atoms with Gasteiger partial charge >= 0.3 is 0 Å². The standard InChI is InChI=1S/C13H19FN2/c1-8-4-9(6-10(14)5-8)12(16-15)11-7-13(11,2)3/h4-6,11-12,16H,7,15H2,1-3H3. The van der Waals surface area contributed by atoms with Crippen molar-refractivity contribution in [2.24, 2.45) is 17.2 Å². The van der Waals surface area contributed by atoms with E-state index in [1.165, 1.54) is 6.07 Å². The van der Waals surface area contributed by atoms with Gasteiger partial charge in [0, 0.05) is 6.04 Å². The topological polar surface area (TPSA) is 38.0 Å². The molecule has 1 aliphatic carbocycles. The molecule has 0 saturated heterocycles. The molecule has 1 saturated carbocycles. The molecule has 1 aliphatic rings. The van der Waals surface area contributed by atoms with Crippen LogP contribution in [0.1, 0.15) is 37.4 Å². The number of hydrogen-bond acceptors (Lipinski definition) is 2. The van der Waals surface area contributed by atoms with Gasteiger partial charge in [-0.1, -0.05) is 19.9 Å². The van der Waals surface area contributed by atoms with Crippen LogP contribution >= 0.6 is 0 Å². The Kier molecular flexibility index (Phi) is 2.76. The molecule has 0 spiro atoms. The Balaban J connectivity index is 2.27. The fourth-order valence-electron chi connectivity index (χ4n) is 2.47. The van der Waals surface area contributed by atoms with E-state index in [-0.39, 0.29) is 11.9 Å². The molecule has 2 atom stereocenters. The number of aryl methyl sites for hydroxylation is 1. The molecule has 0 bridgehead atoms. The quantitative estimate of drug-likeness (QED) is 0.609. The van der Waals surface area contributed by atoms with E-state index in [9.17, 15) is 4.39 Å². The molecule has 0 amide bonds. The van der Waals surface area contributed by atoms with Crippen LogP contribution in [0.15, 0.2) is 18.2 Å². The van der Waals surface area contributed by atoms with Crippen molar-refractivity contribution in [3.8, 4) is 0 Å². The van der Waals surface area contributed by atoms with Gasteiger partial charge in [0.1, 0.15) is 5.82 Å². The van der Waals surface area contributed by atoms with E-state index in [1.807, 2.05) is 13.0 Å². The van der Waals surface area contributed by atoms with Gasteiger partial charge in [0.2, 0.25) is 0 Å². The van der Waals surface area contributed by atoms with Gasteiger partial charge in [-0.05, 0) is 47.9 Å². The first-order valence-corrected chi connectivity index (χ1v) is 5.67. The smallest absolute Gasteiger partial charge is 0.123 e. The van der Waals surface area contributed by atoms with Crippen LogP contribution in [0.4, 0.5) is 4.39 Å². The minimum atomic E-state index is -0.186. The molecule has 16 heavy (non-hydrogen) atoms. The molecule has 2 nitrogen and oxygen atoms in total. The first kappa shape index (κ1) is 11.6. The van der Waals surface area contributed by atoms with Crippen LogP contribution < -0.4 is 11.3 Å². The Morgan fingerprint density at radius 1 is 1.44 bits per heavy atom. The van der Waals surface area contributed by atoms with Crippen LogP contribution in [0.25, 0.3) is 0 Å². The Hall–Kier alpha value is -0.930. The monoisotopic (exact) mass is 222 g/mol. The van der Waals surface area contributed by atoms with Gasteiger partial charge in [-0.15, -0.1) is 0 Å². The Morgan fingerprint density at radius 3 is 2.50 bits per heavy atom. The highest BCUT2D eigenvalue weighted by molar-refractivity contribution is 5.28. The summed E-state index contributed by atoms with van der Waals surface area (Å²) < 4.78 is 13.3. The first-order chi connectivity index (χ1) is 7.44. The van der Waals surface area contributed by atoms with Crippen LogP contribution in [-0.2, 0) is 0 Å². The average Bonchev–Trinajstić information content (AvgIpc) is 2.74. The summed E-state index contributed by atoms with van der Waals surface area (Å²) >= 11 is 0. The van der Waals surface area contributed by atoms with Crippen LogP contribution in [-0.4, -0.2) is 0 Å². The van der Waals surface area contributed by atoms with E-state index in [0.29, 0.717) is 11.3 Å². The van der Waals surface area contributed by atoms with Gasteiger partial charge in [0.15, 0.2) is 0 Å². The lowest BCUT2D eigenvalue weighted by Crippen LogP contribution is -2.30. The highest BCUT2D eigenvalue weighted by Crippen LogP contribution is 2.57. The fourth-order valence-corrected chi connectivity index (χ4v) is 2.47. The maximum absolute atomic E-state index is 13.3. The predicted molar refractivity (Wildman–Crippen MR) is 63.1 cm³/mol. The number of hydrazine groups is 1. The molecule has 0 radical (unpaired) electrons. The summed E-state index contributed by atoms with van der Waals surface area (Å²) in [5.41, 5.74) is 5.03. The molecule has 3 N–H and O–H groups in total. The Labute approximate surface area is 96.0 Å². The second kappa shape index (κ2) is 3.82. The summed E-state index contributed by atoms with van der Waals surface area (Å²) in [7, 11) is 0. The second-order valence-electron chi connectivity index (χ2n) is 5.51. The van der Waals surface area contributed by atoms with E-state index >= 15 is 0 Å². The van der Waals surface area contributed by atoms with Gasteiger partial charge in [-0.2, -0.15) is 0 Å². The number of nitrogens with two attached hydrogens (primary N) is 1. The molecule has 3 heteroatoms. The summed E-state index contributed by atoms with van der Waals surface area (Å²) in [5.74, 6) is 5.91. The van der Waals surface area contributed by atoms with Gasteiger partial charge < -0.3 is 0 Å². The largest absolute Gasteiger partial charge is 0.271 e. The zero-order valence-corrected chi connectivity index (χ0v) is 10.0. The SMILES string of the molecule is Cc1cc(F)cc(C(NN)C2CC2(C)C)c1. The highest BCUT2D eigenvalue weighted by atomic mass is 19.1. The Bertz CT molecular complexity index is 381. The third-order valence-electron chi connectivity index (χ3n) is 3.60. The number of nitrogens with one attached hydrogen (secondary N) is 1. The van der Waals surface area contributed by atoms with Crippen LogP contribution in [0.3, 0.4) is 0 Å². The van der Waals surface area contributed by atoms with Crippen molar-refractivity contribution in [1.29, 1.82) is 0 Å². The summed E-state index contributed by atoms with van der Waals surface area (Å²) in [5, 5.41) is 0. The highest BCUT2D eigenvalue weighted by Gasteiger charge is 2.50. The third-order valence-corrected chi connectivity index (χ3v) is 3.60. The van der Waals surface area contributed by atoms with Gasteiger partial charge in [0.05, 0.1) is 0 Å². The molecule has 1 aromatic rings. The fraction of sp³-hybridized carbons (Fsp3) is 0.538. The van der Waals surface area contributed by atoms with E-state index in [4.69, 9.17) is 5.84 Å². The van der Waals surface area contributed by atoms with E-state index < -0.39 is 0 Å². The van der Waals surface area contributed by atoms with Gasteiger partial charge in [-0.3, -0.25) is 11.3 Å². The Morgan fingerprint density at radius 2 is 2.06 bits per heavy atom. The number of hydrogen-bond donors (Lipinski definition) is 2. The molecule has 0 aliphatic heterocycles. The lowest BCUT2D eigenvalue weighted by atomic mass is 9.96. The lowest BCUT2D eigenvalue weighted by molar-refractivity contribution is 0.421.